The van der Waals surface area contributed by atoms with Gasteiger partial charge in [-0.3, -0.25) is 0 Å². The van der Waals surface area contributed by atoms with E-state index in [-0.39, 0.29) is 12.8 Å². The molecule has 3 aromatic carbocycles. The summed E-state index contributed by atoms with van der Waals surface area (Å²) in [6.07, 6.45) is -1.15. The fourth-order valence-electron chi connectivity index (χ4n) is 3.60. The molecule has 4 rings (SSSR count). The Hall–Kier alpha value is -3.59. The summed E-state index contributed by atoms with van der Waals surface area (Å²) in [4.78, 5) is 8.65. The van der Waals surface area contributed by atoms with Gasteiger partial charge in [-0.2, -0.15) is 0 Å². The average Bonchev–Trinajstić information content (AvgIpc) is 2.80. The number of halogens is 5. The van der Waals surface area contributed by atoms with Gasteiger partial charge in [-0.25, -0.2) is 18.7 Å². The molecule has 0 bridgehead atoms. The van der Waals surface area contributed by atoms with Crippen LogP contribution >= 0.6 is 0 Å². The number of nitrogens with zero attached hydrogens (tertiary/aromatic N) is 2. The van der Waals surface area contributed by atoms with Gasteiger partial charge >= 0.3 is 6.36 Å². The predicted molar refractivity (Wildman–Crippen MR) is 116 cm³/mol. The van der Waals surface area contributed by atoms with Gasteiger partial charge in [-0.05, 0) is 47.6 Å². The van der Waals surface area contributed by atoms with Crippen molar-refractivity contribution < 1.29 is 31.4 Å². The van der Waals surface area contributed by atoms with E-state index in [0.717, 1.165) is 23.3 Å². The van der Waals surface area contributed by atoms with Crippen molar-refractivity contribution in [2.24, 2.45) is 0 Å². The lowest BCUT2D eigenvalue weighted by Gasteiger charge is -2.11. The molecule has 0 amide bonds. The minimum Gasteiger partial charge on any atom is -0.403 e. The van der Waals surface area contributed by atoms with Gasteiger partial charge < -0.3 is 9.47 Å². The maximum Gasteiger partial charge on any atom is 0.573 e. The largest absolute Gasteiger partial charge is 0.573 e. The van der Waals surface area contributed by atoms with Crippen LogP contribution in [0.15, 0.2) is 60.9 Å². The summed E-state index contributed by atoms with van der Waals surface area (Å²) in [5.74, 6) is -1.93. The smallest absolute Gasteiger partial charge is 0.403 e. The SMILES string of the molecule is COCc1cnc(-c2ccc3c(F)c(CCc4ccc(OC(F)(F)F)c(F)c4)ccc3c2)nc1. The van der Waals surface area contributed by atoms with E-state index in [1.54, 1.807) is 49.8 Å². The third-order valence-corrected chi connectivity index (χ3v) is 5.21. The summed E-state index contributed by atoms with van der Waals surface area (Å²) in [6, 6.07) is 11.8. The molecule has 0 unspecified atom stereocenters. The molecule has 0 atom stereocenters. The van der Waals surface area contributed by atoms with E-state index in [0.29, 0.717) is 34.3 Å². The Kier molecular flexibility index (Phi) is 6.74. The van der Waals surface area contributed by atoms with Crippen LogP contribution in [-0.4, -0.2) is 23.4 Å². The maximum atomic E-state index is 15.1. The number of ether oxygens (including phenoxy) is 2. The predicted octanol–water partition coefficient (Wildman–Crippen LogP) is 6.41. The van der Waals surface area contributed by atoms with Gasteiger partial charge in [-0.15, -0.1) is 13.2 Å². The number of aromatic nitrogens is 2. The fraction of sp³-hybridized carbons (Fsp3) is 0.200. The second-order valence-corrected chi connectivity index (χ2v) is 7.64. The molecule has 0 spiro atoms. The van der Waals surface area contributed by atoms with Crippen molar-refractivity contribution in [2.45, 2.75) is 25.8 Å². The number of rotatable bonds is 7. The number of methoxy groups -OCH3 is 1. The lowest BCUT2D eigenvalue weighted by molar-refractivity contribution is -0.275. The molecule has 4 nitrogen and oxygen atoms in total. The van der Waals surface area contributed by atoms with Crippen LogP contribution in [-0.2, 0) is 24.2 Å². The van der Waals surface area contributed by atoms with Crippen molar-refractivity contribution in [1.29, 1.82) is 0 Å². The second kappa shape index (κ2) is 9.72. The van der Waals surface area contributed by atoms with Crippen LogP contribution in [0.4, 0.5) is 22.0 Å². The summed E-state index contributed by atoms with van der Waals surface area (Å²) in [5, 5.41) is 1.08. The van der Waals surface area contributed by atoms with Crippen molar-refractivity contribution in [2.75, 3.05) is 7.11 Å². The lowest BCUT2D eigenvalue weighted by atomic mass is 9.99. The van der Waals surface area contributed by atoms with Crippen LogP contribution in [0.5, 0.6) is 5.75 Å². The van der Waals surface area contributed by atoms with Crippen molar-refractivity contribution in [3.8, 4) is 17.1 Å². The number of hydrogen-bond acceptors (Lipinski definition) is 4. The molecule has 1 heterocycles. The van der Waals surface area contributed by atoms with Crippen LogP contribution in [0, 0.1) is 11.6 Å². The van der Waals surface area contributed by atoms with Gasteiger partial charge in [0.25, 0.3) is 0 Å². The molecule has 0 fully saturated rings. The van der Waals surface area contributed by atoms with Crippen molar-refractivity contribution >= 4 is 10.8 Å². The number of alkyl halides is 3. The fourth-order valence-corrected chi connectivity index (χ4v) is 3.60. The zero-order chi connectivity index (χ0) is 24.3. The molecule has 1 aromatic heterocycles. The topological polar surface area (TPSA) is 44.2 Å². The lowest BCUT2D eigenvalue weighted by Crippen LogP contribution is -2.18. The summed E-state index contributed by atoms with van der Waals surface area (Å²) in [5.41, 5.74) is 2.41. The summed E-state index contributed by atoms with van der Waals surface area (Å²) in [6.45, 7) is 0.407. The van der Waals surface area contributed by atoms with E-state index in [2.05, 4.69) is 14.7 Å². The second-order valence-electron chi connectivity index (χ2n) is 7.64. The standard InChI is InChI=1S/C25H19F5N2O2/c1-33-14-16-12-31-24(32-13-16)19-7-8-20-18(11-19)6-5-17(23(20)27)4-2-15-3-9-22(21(26)10-15)34-25(28,29)30/h3,5-13H,2,4,14H2,1H3. The monoisotopic (exact) mass is 474 g/mol. The first-order chi connectivity index (χ1) is 16.2. The van der Waals surface area contributed by atoms with Crippen LogP contribution in [0.1, 0.15) is 16.7 Å². The van der Waals surface area contributed by atoms with Crippen LogP contribution in [0.2, 0.25) is 0 Å². The van der Waals surface area contributed by atoms with E-state index in [1.165, 1.54) is 6.07 Å². The molecule has 0 saturated carbocycles. The summed E-state index contributed by atoms with van der Waals surface area (Å²) in [7, 11) is 1.58. The van der Waals surface area contributed by atoms with Crippen molar-refractivity contribution in [3.05, 3.63) is 89.2 Å². The van der Waals surface area contributed by atoms with Gasteiger partial charge in [-0.1, -0.05) is 30.3 Å². The minimum atomic E-state index is -4.98. The Morgan fingerprint density at radius 2 is 1.62 bits per heavy atom. The third kappa shape index (κ3) is 5.48. The highest BCUT2D eigenvalue weighted by atomic mass is 19.4. The summed E-state index contributed by atoms with van der Waals surface area (Å²) < 4.78 is 74.6. The van der Waals surface area contributed by atoms with Crippen molar-refractivity contribution in [3.63, 3.8) is 0 Å². The van der Waals surface area contributed by atoms with Gasteiger partial charge in [0.1, 0.15) is 5.82 Å². The van der Waals surface area contributed by atoms with Gasteiger partial charge in [0.05, 0.1) is 6.61 Å². The van der Waals surface area contributed by atoms with Crippen LogP contribution in [0.3, 0.4) is 0 Å². The highest BCUT2D eigenvalue weighted by Gasteiger charge is 2.32. The number of fused-ring (bicyclic) bond motifs is 1. The van der Waals surface area contributed by atoms with Crippen LogP contribution in [0.25, 0.3) is 22.2 Å². The number of benzene rings is 3. The van der Waals surface area contributed by atoms with E-state index < -0.39 is 23.7 Å². The van der Waals surface area contributed by atoms with E-state index >= 15 is 4.39 Å². The first-order valence-corrected chi connectivity index (χ1v) is 10.3. The summed E-state index contributed by atoms with van der Waals surface area (Å²) >= 11 is 0. The first kappa shape index (κ1) is 23.6. The molecule has 9 heteroatoms. The van der Waals surface area contributed by atoms with Crippen molar-refractivity contribution in [1.82, 2.24) is 9.97 Å². The molecule has 4 aromatic rings. The molecule has 0 aliphatic carbocycles. The van der Waals surface area contributed by atoms with Gasteiger partial charge in [0, 0.05) is 36.0 Å². The number of hydrogen-bond donors (Lipinski definition) is 0. The van der Waals surface area contributed by atoms with E-state index in [9.17, 15) is 17.6 Å². The highest BCUT2D eigenvalue weighted by Crippen LogP contribution is 2.28. The maximum absolute atomic E-state index is 15.1. The molecule has 34 heavy (non-hydrogen) atoms. The molecular weight excluding hydrogens is 455 g/mol. The quantitative estimate of drug-likeness (QED) is 0.291. The zero-order valence-corrected chi connectivity index (χ0v) is 18.0. The molecule has 0 radical (unpaired) electrons. The molecule has 0 saturated heterocycles. The van der Waals surface area contributed by atoms with E-state index in [4.69, 9.17) is 4.74 Å². The van der Waals surface area contributed by atoms with Crippen LogP contribution < -0.4 is 4.74 Å². The Bertz CT molecular complexity index is 1310. The Morgan fingerprint density at radius 3 is 2.29 bits per heavy atom. The zero-order valence-electron chi connectivity index (χ0n) is 18.0. The first-order valence-electron chi connectivity index (χ1n) is 10.3. The van der Waals surface area contributed by atoms with Gasteiger partial charge in [0.2, 0.25) is 0 Å². The number of aryl methyl sites for hydroxylation is 2. The minimum absolute atomic E-state index is 0.241. The molecule has 0 aliphatic rings. The molecular formula is C25H19F5N2O2. The third-order valence-electron chi connectivity index (χ3n) is 5.21. The molecule has 176 valence electrons. The Balaban J connectivity index is 1.50. The molecule has 0 aliphatic heterocycles. The molecule has 0 N–H and O–H groups in total. The highest BCUT2D eigenvalue weighted by molar-refractivity contribution is 5.87. The Morgan fingerprint density at radius 1 is 0.853 bits per heavy atom. The normalized spacial score (nSPS) is 11.7. The van der Waals surface area contributed by atoms with Gasteiger partial charge in [0.15, 0.2) is 17.4 Å². The van der Waals surface area contributed by atoms with E-state index in [1.807, 2.05) is 0 Å². The Labute approximate surface area is 192 Å². The average molecular weight is 474 g/mol.